The Bertz CT molecular complexity index is 838. The average molecular weight is 387 g/mol. The third-order valence-electron chi connectivity index (χ3n) is 5.13. The smallest absolute Gasteiger partial charge is 0.248 e. The second-order valence-electron chi connectivity index (χ2n) is 7.06. The molecule has 1 heterocycles. The van der Waals surface area contributed by atoms with E-state index in [4.69, 9.17) is 10.7 Å². The van der Waals surface area contributed by atoms with E-state index in [0.717, 1.165) is 10.9 Å². The van der Waals surface area contributed by atoms with E-state index in [0.29, 0.717) is 17.3 Å². The fraction of sp³-hybridized carbons (Fsp3) is 0.450. The van der Waals surface area contributed by atoms with Crippen LogP contribution in [0.15, 0.2) is 29.4 Å². The minimum atomic E-state index is -0.485. The second-order valence-corrected chi connectivity index (χ2v) is 8.37. The van der Waals surface area contributed by atoms with Gasteiger partial charge in [0.1, 0.15) is 0 Å². The number of nitrogens with zero attached hydrogens (tertiary/aromatic N) is 2. The Morgan fingerprint density at radius 3 is 2.44 bits per heavy atom. The normalized spacial score (nSPS) is 15.7. The van der Waals surface area contributed by atoms with Crippen molar-refractivity contribution >= 4 is 29.3 Å². The number of nitrogens with one attached hydrogen (secondary N) is 1. The lowest BCUT2D eigenvalue weighted by molar-refractivity contribution is -0.115. The fourth-order valence-corrected chi connectivity index (χ4v) is 4.52. The van der Waals surface area contributed by atoms with Crippen LogP contribution in [-0.2, 0) is 4.79 Å². The Morgan fingerprint density at radius 1 is 1.22 bits per heavy atom. The van der Waals surface area contributed by atoms with E-state index in [-0.39, 0.29) is 11.2 Å². The van der Waals surface area contributed by atoms with Gasteiger partial charge in [0.05, 0.1) is 10.9 Å². The van der Waals surface area contributed by atoms with E-state index >= 15 is 0 Å². The zero-order valence-electron chi connectivity index (χ0n) is 16.0. The molecule has 144 valence electrons. The van der Waals surface area contributed by atoms with Crippen LogP contribution in [0.2, 0.25) is 0 Å². The number of hydrogen-bond donors (Lipinski definition) is 2. The highest BCUT2D eigenvalue weighted by molar-refractivity contribution is 8.00. The first-order chi connectivity index (χ1) is 12.9. The van der Waals surface area contributed by atoms with Gasteiger partial charge < -0.3 is 15.6 Å². The molecule has 0 aliphatic heterocycles. The van der Waals surface area contributed by atoms with Crippen molar-refractivity contribution in [2.75, 3.05) is 5.32 Å². The largest absolute Gasteiger partial charge is 0.366 e. The van der Waals surface area contributed by atoms with E-state index in [1.54, 1.807) is 24.3 Å². The molecule has 2 aromatic rings. The van der Waals surface area contributed by atoms with Crippen molar-refractivity contribution in [3.8, 4) is 0 Å². The molecule has 0 bridgehead atoms. The molecule has 2 amide bonds. The number of aryl methyl sites for hydroxylation is 1. The number of carbonyl (C=O) groups is 2. The van der Waals surface area contributed by atoms with Gasteiger partial charge in [0.25, 0.3) is 0 Å². The minimum absolute atomic E-state index is 0.0943. The highest BCUT2D eigenvalue weighted by Crippen LogP contribution is 2.36. The van der Waals surface area contributed by atoms with E-state index in [1.807, 2.05) is 13.8 Å². The molecule has 0 unspecified atom stereocenters. The van der Waals surface area contributed by atoms with Crippen molar-refractivity contribution < 1.29 is 9.59 Å². The number of carbonyl (C=O) groups excluding carboxylic acids is 2. The van der Waals surface area contributed by atoms with Crippen LogP contribution in [0.4, 0.5) is 5.69 Å². The Kier molecular flexibility index (Phi) is 5.89. The summed E-state index contributed by atoms with van der Waals surface area (Å²) in [6, 6.07) is 7.07. The molecule has 1 atom stereocenters. The number of aromatic nitrogens is 2. The van der Waals surface area contributed by atoms with Crippen molar-refractivity contribution in [2.45, 2.75) is 62.9 Å². The maximum Gasteiger partial charge on any atom is 0.248 e. The number of hydrogen-bond acceptors (Lipinski definition) is 4. The van der Waals surface area contributed by atoms with Crippen molar-refractivity contribution in [3.05, 3.63) is 41.2 Å². The monoisotopic (exact) mass is 386 g/mol. The van der Waals surface area contributed by atoms with Crippen LogP contribution in [-0.4, -0.2) is 26.6 Å². The molecule has 0 saturated heterocycles. The van der Waals surface area contributed by atoms with Crippen molar-refractivity contribution in [1.82, 2.24) is 9.55 Å². The molecule has 1 fully saturated rings. The SMILES string of the molecule is Cc1nc(S[C@@H](C)C(=O)Nc2ccc(C(N)=O)cc2)n(C2CCCC2)c1C. The van der Waals surface area contributed by atoms with Crippen LogP contribution < -0.4 is 11.1 Å². The fourth-order valence-electron chi connectivity index (χ4n) is 3.45. The molecule has 0 radical (unpaired) electrons. The summed E-state index contributed by atoms with van der Waals surface area (Å²) in [5.41, 5.74) is 8.52. The first kappa shape index (κ1) is 19.5. The van der Waals surface area contributed by atoms with Gasteiger partial charge in [0, 0.05) is 23.0 Å². The molecule has 27 heavy (non-hydrogen) atoms. The molecule has 1 aliphatic carbocycles. The number of primary amides is 1. The molecule has 1 saturated carbocycles. The molecular formula is C20H26N4O2S. The average Bonchev–Trinajstić information content (AvgIpc) is 3.24. The van der Waals surface area contributed by atoms with Crippen LogP contribution in [0.5, 0.6) is 0 Å². The van der Waals surface area contributed by atoms with Gasteiger partial charge in [0.2, 0.25) is 11.8 Å². The Morgan fingerprint density at radius 2 is 1.85 bits per heavy atom. The molecule has 1 aromatic heterocycles. The second kappa shape index (κ2) is 8.17. The van der Waals surface area contributed by atoms with Crippen LogP contribution in [0.3, 0.4) is 0 Å². The molecule has 1 aliphatic rings. The molecule has 3 N–H and O–H groups in total. The van der Waals surface area contributed by atoms with E-state index < -0.39 is 5.91 Å². The summed E-state index contributed by atoms with van der Waals surface area (Å²) in [6.07, 6.45) is 4.86. The van der Waals surface area contributed by atoms with Crippen molar-refractivity contribution in [1.29, 1.82) is 0 Å². The summed E-state index contributed by atoms with van der Waals surface area (Å²) < 4.78 is 2.32. The number of imidazole rings is 1. The molecule has 1 aromatic carbocycles. The maximum atomic E-state index is 12.6. The first-order valence-corrected chi connectivity index (χ1v) is 10.2. The summed E-state index contributed by atoms with van der Waals surface area (Å²) in [6.45, 7) is 6.02. The van der Waals surface area contributed by atoms with Gasteiger partial charge in [0.15, 0.2) is 5.16 Å². The summed E-state index contributed by atoms with van der Waals surface area (Å²) in [7, 11) is 0. The topological polar surface area (TPSA) is 90.0 Å². The lowest BCUT2D eigenvalue weighted by Gasteiger charge is -2.18. The minimum Gasteiger partial charge on any atom is -0.366 e. The molecular weight excluding hydrogens is 360 g/mol. The highest BCUT2D eigenvalue weighted by atomic mass is 32.2. The zero-order valence-corrected chi connectivity index (χ0v) is 16.8. The molecule has 7 heteroatoms. The van der Waals surface area contributed by atoms with Gasteiger partial charge in [-0.3, -0.25) is 9.59 Å². The predicted molar refractivity (Wildman–Crippen MR) is 108 cm³/mol. The number of benzene rings is 1. The van der Waals surface area contributed by atoms with Gasteiger partial charge in [-0.2, -0.15) is 0 Å². The third-order valence-corrected chi connectivity index (χ3v) is 6.20. The van der Waals surface area contributed by atoms with E-state index in [1.165, 1.54) is 43.1 Å². The number of amides is 2. The Hall–Kier alpha value is -2.28. The maximum absolute atomic E-state index is 12.6. The number of anilines is 1. The van der Waals surface area contributed by atoms with Gasteiger partial charge in [-0.1, -0.05) is 24.6 Å². The van der Waals surface area contributed by atoms with Gasteiger partial charge in [-0.25, -0.2) is 4.98 Å². The van der Waals surface area contributed by atoms with Gasteiger partial charge >= 0.3 is 0 Å². The highest BCUT2D eigenvalue weighted by Gasteiger charge is 2.25. The zero-order chi connectivity index (χ0) is 19.6. The van der Waals surface area contributed by atoms with Crippen LogP contribution in [0.25, 0.3) is 0 Å². The van der Waals surface area contributed by atoms with E-state index in [2.05, 4.69) is 16.8 Å². The molecule has 6 nitrogen and oxygen atoms in total. The quantitative estimate of drug-likeness (QED) is 0.738. The number of rotatable bonds is 6. The summed E-state index contributed by atoms with van der Waals surface area (Å²) >= 11 is 1.49. The summed E-state index contributed by atoms with van der Waals surface area (Å²) in [4.78, 5) is 28.4. The van der Waals surface area contributed by atoms with Gasteiger partial charge in [-0.05, 0) is 57.9 Å². The third kappa shape index (κ3) is 4.35. The van der Waals surface area contributed by atoms with E-state index in [9.17, 15) is 9.59 Å². The molecule has 3 rings (SSSR count). The summed E-state index contributed by atoms with van der Waals surface area (Å²) in [5.74, 6) is -0.579. The van der Waals surface area contributed by atoms with Crippen LogP contribution in [0.1, 0.15) is 60.4 Å². The van der Waals surface area contributed by atoms with Crippen molar-refractivity contribution in [3.63, 3.8) is 0 Å². The van der Waals surface area contributed by atoms with Crippen molar-refractivity contribution in [2.24, 2.45) is 5.73 Å². The Labute approximate surface area is 163 Å². The lowest BCUT2D eigenvalue weighted by atomic mass is 10.2. The molecule has 0 spiro atoms. The van der Waals surface area contributed by atoms with Crippen LogP contribution >= 0.6 is 11.8 Å². The predicted octanol–water partition coefficient (Wildman–Crippen LogP) is 3.83. The standard InChI is InChI=1S/C20H26N4O2S/c1-12-13(2)24(17-6-4-5-7-17)20(22-12)27-14(3)19(26)23-16-10-8-15(9-11-16)18(21)25/h8-11,14,17H,4-7H2,1-3H3,(H2,21,25)(H,23,26)/t14-/m0/s1. The lowest BCUT2D eigenvalue weighted by Crippen LogP contribution is -2.23. The number of thioether (sulfide) groups is 1. The Balaban J connectivity index is 1.69. The number of nitrogens with two attached hydrogens (primary N) is 1. The van der Waals surface area contributed by atoms with Crippen LogP contribution in [0, 0.1) is 13.8 Å². The summed E-state index contributed by atoms with van der Waals surface area (Å²) in [5, 5.41) is 3.52. The first-order valence-electron chi connectivity index (χ1n) is 9.29. The van der Waals surface area contributed by atoms with Gasteiger partial charge in [-0.15, -0.1) is 0 Å².